The van der Waals surface area contributed by atoms with Crippen molar-refractivity contribution in [2.45, 2.75) is 4.90 Å². The zero-order valence-corrected chi connectivity index (χ0v) is 23.9. The van der Waals surface area contributed by atoms with Crippen LogP contribution in [0.15, 0.2) is 125 Å². The molecule has 0 fully saturated rings. The maximum atomic E-state index is 13.6. The van der Waals surface area contributed by atoms with Gasteiger partial charge in [0.05, 0.1) is 5.69 Å². The second kappa shape index (κ2) is 12.7. The van der Waals surface area contributed by atoms with Crippen molar-refractivity contribution in [3.63, 3.8) is 0 Å². The van der Waals surface area contributed by atoms with Gasteiger partial charge in [0, 0.05) is 11.1 Å². The van der Waals surface area contributed by atoms with Gasteiger partial charge >= 0.3 is 10.1 Å². The largest absolute Gasteiger partial charge is 0.379 e. The van der Waals surface area contributed by atoms with Crippen LogP contribution in [0.1, 0.15) is 21.5 Å². The molecular formula is C31H23ClN4O6S. The minimum absolute atomic E-state index is 0.0346. The van der Waals surface area contributed by atoms with Crippen molar-refractivity contribution in [1.29, 1.82) is 0 Å². The Kier molecular flexibility index (Phi) is 8.65. The molecule has 0 bridgehead atoms. The molecular weight excluding hydrogens is 592 g/mol. The Morgan fingerprint density at radius 3 is 2.09 bits per heavy atom. The molecule has 0 spiro atoms. The number of aliphatic imine (C=N–C) groups is 1. The summed E-state index contributed by atoms with van der Waals surface area (Å²) in [5.41, 5.74) is 6.60. The van der Waals surface area contributed by atoms with Crippen LogP contribution in [0.5, 0.6) is 5.75 Å². The predicted octanol–water partition coefficient (Wildman–Crippen LogP) is 4.29. The molecule has 3 amide bonds. The number of hydrogen-bond donors (Lipinski definition) is 2. The Labute approximate surface area is 252 Å². The summed E-state index contributed by atoms with van der Waals surface area (Å²) < 4.78 is 30.3. The lowest BCUT2D eigenvalue weighted by Gasteiger charge is -2.19. The van der Waals surface area contributed by atoms with Crippen LogP contribution in [0.2, 0.25) is 0 Å². The summed E-state index contributed by atoms with van der Waals surface area (Å²) in [4.78, 5) is 43.4. The SMILES string of the molecule is O=C(CCl)NNC(=O)c1ccc(N2C(=O)/C(=C/c3ccc(OS(=O)(=O)c4ccccc4)cc3)N=C2c2ccccc2)cc1. The molecule has 0 saturated carbocycles. The van der Waals surface area contributed by atoms with Gasteiger partial charge in [0.15, 0.2) is 0 Å². The van der Waals surface area contributed by atoms with E-state index in [1.165, 1.54) is 41.3 Å². The standard InChI is InChI=1S/C31H23ClN4O6S/c32-20-28(37)34-35-30(38)23-13-15-24(16-14-23)36-29(22-7-3-1-4-8-22)33-27(31(36)39)19-21-11-17-25(18-12-21)42-43(40,41)26-9-5-2-6-10-26/h1-19H,20H2,(H,34,37)(H,35,38)/b27-19-. The molecule has 4 aromatic carbocycles. The fourth-order valence-corrected chi connectivity index (χ4v) is 5.09. The Morgan fingerprint density at radius 1 is 0.837 bits per heavy atom. The highest BCUT2D eigenvalue weighted by Crippen LogP contribution is 2.29. The molecule has 1 heterocycles. The third-order valence-electron chi connectivity index (χ3n) is 6.14. The number of anilines is 1. The van der Waals surface area contributed by atoms with Crippen LogP contribution in [-0.2, 0) is 19.7 Å². The highest BCUT2D eigenvalue weighted by atomic mass is 35.5. The van der Waals surface area contributed by atoms with E-state index in [1.807, 2.05) is 30.3 Å². The quantitative estimate of drug-likeness (QED) is 0.132. The number of hydrazine groups is 1. The van der Waals surface area contributed by atoms with Crippen molar-refractivity contribution in [2.75, 3.05) is 10.8 Å². The van der Waals surface area contributed by atoms with Crippen molar-refractivity contribution in [2.24, 2.45) is 4.99 Å². The van der Waals surface area contributed by atoms with Crippen molar-refractivity contribution < 1.29 is 27.0 Å². The first kappa shape index (κ1) is 29.2. The van der Waals surface area contributed by atoms with Gasteiger partial charge in [-0.3, -0.25) is 30.1 Å². The van der Waals surface area contributed by atoms with Gasteiger partial charge in [-0.05, 0) is 60.2 Å². The predicted molar refractivity (Wildman–Crippen MR) is 162 cm³/mol. The van der Waals surface area contributed by atoms with E-state index < -0.39 is 27.8 Å². The number of alkyl halides is 1. The van der Waals surface area contributed by atoms with Gasteiger partial charge in [0.1, 0.15) is 28.1 Å². The number of halogens is 1. The minimum atomic E-state index is -4.00. The van der Waals surface area contributed by atoms with Gasteiger partial charge in [-0.1, -0.05) is 60.7 Å². The Bertz CT molecular complexity index is 1830. The molecule has 1 aliphatic rings. The summed E-state index contributed by atoms with van der Waals surface area (Å²) in [7, 11) is -4.00. The van der Waals surface area contributed by atoms with Crippen LogP contribution in [0.3, 0.4) is 0 Å². The number of amides is 3. The lowest BCUT2D eigenvalue weighted by atomic mass is 10.1. The van der Waals surface area contributed by atoms with Crippen molar-refractivity contribution >= 4 is 57.0 Å². The van der Waals surface area contributed by atoms with E-state index in [0.29, 0.717) is 22.6 Å². The summed E-state index contributed by atoms with van der Waals surface area (Å²) >= 11 is 5.42. The van der Waals surface area contributed by atoms with Gasteiger partial charge in [-0.25, -0.2) is 4.99 Å². The molecule has 0 unspecified atom stereocenters. The van der Waals surface area contributed by atoms with Crippen molar-refractivity contribution in [1.82, 2.24) is 10.9 Å². The number of benzene rings is 4. The van der Waals surface area contributed by atoms with Crippen LogP contribution in [0.4, 0.5) is 5.69 Å². The van der Waals surface area contributed by atoms with Gasteiger partial charge in [0.2, 0.25) is 0 Å². The Balaban J connectivity index is 1.39. The topological polar surface area (TPSA) is 134 Å². The summed E-state index contributed by atoms with van der Waals surface area (Å²) in [6, 6.07) is 29.4. The molecule has 43 heavy (non-hydrogen) atoms. The smallest absolute Gasteiger partial charge is 0.339 e. The third kappa shape index (κ3) is 6.80. The van der Waals surface area contributed by atoms with Gasteiger partial charge in [-0.15, -0.1) is 11.6 Å². The third-order valence-corrected chi connectivity index (χ3v) is 7.64. The molecule has 216 valence electrons. The minimum Gasteiger partial charge on any atom is -0.379 e. The zero-order chi connectivity index (χ0) is 30.4. The molecule has 0 atom stereocenters. The molecule has 10 nitrogen and oxygen atoms in total. The van der Waals surface area contributed by atoms with Crippen LogP contribution in [0.25, 0.3) is 6.08 Å². The van der Waals surface area contributed by atoms with Crippen LogP contribution < -0.4 is 19.9 Å². The number of nitrogens with one attached hydrogen (secondary N) is 2. The van der Waals surface area contributed by atoms with Crippen LogP contribution in [0, 0.1) is 0 Å². The average Bonchev–Trinajstić information content (AvgIpc) is 3.36. The second-order valence-electron chi connectivity index (χ2n) is 9.07. The molecule has 2 N–H and O–H groups in total. The molecule has 0 aromatic heterocycles. The molecule has 5 rings (SSSR count). The first-order valence-electron chi connectivity index (χ1n) is 12.8. The summed E-state index contributed by atoms with van der Waals surface area (Å²) in [6.45, 7) is 0. The van der Waals surface area contributed by atoms with E-state index in [4.69, 9.17) is 15.8 Å². The Hall–Kier alpha value is -5.26. The first-order chi connectivity index (χ1) is 20.7. The molecule has 1 aliphatic heterocycles. The first-order valence-corrected chi connectivity index (χ1v) is 14.7. The van der Waals surface area contributed by atoms with Gasteiger partial charge in [0.25, 0.3) is 17.7 Å². The number of carbonyl (C=O) groups excluding carboxylic acids is 3. The van der Waals surface area contributed by atoms with Gasteiger partial charge < -0.3 is 4.18 Å². The van der Waals surface area contributed by atoms with Crippen molar-refractivity contribution in [3.05, 3.63) is 132 Å². The number of nitrogens with zero attached hydrogens (tertiary/aromatic N) is 2. The van der Waals surface area contributed by atoms with Crippen LogP contribution >= 0.6 is 11.6 Å². The average molecular weight is 615 g/mol. The van der Waals surface area contributed by atoms with Gasteiger partial charge in [-0.2, -0.15) is 8.42 Å². The van der Waals surface area contributed by atoms with E-state index in [9.17, 15) is 22.8 Å². The lowest BCUT2D eigenvalue weighted by Crippen LogP contribution is -2.42. The molecule has 0 aliphatic carbocycles. The number of hydrogen-bond acceptors (Lipinski definition) is 7. The number of rotatable bonds is 8. The monoisotopic (exact) mass is 614 g/mol. The van der Waals surface area contributed by atoms with Crippen molar-refractivity contribution in [3.8, 4) is 5.75 Å². The molecule has 4 aromatic rings. The maximum absolute atomic E-state index is 13.6. The summed E-state index contributed by atoms with van der Waals surface area (Å²) in [5, 5.41) is 0. The number of carbonyl (C=O) groups is 3. The second-order valence-corrected chi connectivity index (χ2v) is 10.9. The van der Waals surface area contributed by atoms with E-state index in [1.54, 1.807) is 48.5 Å². The molecule has 0 radical (unpaired) electrons. The summed E-state index contributed by atoms with van der Waals surface area (Å²) in [5.74, 6) is -1.32. The number of amidine groups is 1. The summed E-state index contributed by atoms with van der Waals surface area (Å²) in [6.07, 6.45) is 1.59. The fraction of sp³-hybridized carbons (Fsp3) is 0.0323. The molecule has 0 saturated heterocycles. The lowest BCUT2D eigenvalue weighted by molar-refractivity contribution is -0.119. The van der Waals surface area contributed by atoms with E-state index >= 15 is 0 Å². The van der Waals surface area contributed by atoms with E-state index in [-0.39, 0.29) is 27.8 Å². The zero-order valence-electron chi connectivity index (χ0n) is 22.3. The van der Waals surface area contributed by atoms with E-state index in [2.05, 4.69) is 15.8 Å². The highest BCUT2D eigenvalue weighted by Gasteiger charge is 2.32. The maximum Gasteiger partial charge on any atom is 0.339 e. The van der Waals surface area contributed by atoms with Crippen LogP contribution in [-0.4, -0.2) is 37.9 Å². The Morgan fingerprint density at radius 2 is 1.47 bits per heavy atom. The normalized spacial score (nSPS) is 13.9. The highest BCUT2D eigenvalue weighted by molar-refractivity contribution is 7.87. The van der Waals surface area contributed by atoms with E-state index in [0.717, 1.165) is 0 Å². The fourth-order valence-electron chi connectivity index (χ4n) is 4.07. The molecule has 12 heteroatoms.